The first kappa shape index (κ1) is 21.5. The highest BCUT2D eigenvalue weighted by Gasteiger charge is 2.38. The molecule has 5 nitrogen and oxygen atoms in total. The maximum Gasteiger partial charge on any atom is 0.268 e. The summed E-state index contributed by atoms with van der Waals surface area (Å²) in [6.07, 6.45) is 0.873. The molecule has 0 aromatic heterocycles. The van der Waals surface area contributed by atoms with Crippen molar-refractivity contribution < 1.29 is 12.6 Å². The predicted molar refractivity (Wildman–Crippen MR) is 114 cm³/mol. The van der Waals surface area contributed by atoms with Crippen LogP contribution < -0.4 is 5.32 Å². The molecule has 1 fully saturated rings. The van der Waals surface area contributed by atoms with Crippen molar-refractivity contribution >= 4 is 10.1 Å². The van der Waals surface area contributed by atoms with Gasteiger partial charge in [-0.1, -0.05) is 60.7 Å². The Hall–Kier alpha value is -2.20. The van der Waals surface area contributed by atoms with E-state index in [2.05, 4.69) is 11.4 Å². The van der Waals surface area contributed by atoms with Gasteiger partial charge in [0.2, 0.25) is 0 Å². The minimum absolute atomic E-state index is 0.0319. The highest BCUT2D eigenvalue weighted by molar-refractivity contribution is 7.86. The van der Waals surface area contributed by atoms with Gasteiger partial charge in [-0.05, 0) is 37.8 Å². The number of hydrogen-bond acceptors (Lipinski definition) is 5. The van der Waals surface area contributed by atoms with Crippen molar-refractivity contribution in [3.05, 3.63) is 71.8 Å². The standard InChI is InChI=1S/C23H28N2O3S/c1-22(2,28-29(26,27)17-19-15-25-16-19)13-14-23(18-24,20-9-5-3-6-10-20)21-11-7-4-8-12-21/h3-12,19,25H,13-17H2,1-2H3. The molecular weight excluding hydrogens is 384 g/mol. The van der Waals surface area contributed by atoms with Gasteiger partial charge in [0.05, 0.1) is 17.4 Å². The summed E-state index contributed by atoms with van der Waals surface area (Å²) < 4.78 is 30.5. The molecule has 0 bridgehead atoms. The molecule has 0 amide bonds. The minimum atomic E-state index is -3.63. The van der Waals surface area contributed by atoms with Crippen LogP contribution in [-0.4, -0.2) is 32.9 Å². The fourth-order valence-corrected chi connectivity index (χ4v) is 5.40. The molecule has 6 heteroatoms. The molecule has 2 aromatic carbocycles. The third kappa shape index (κ3) is 5.24. The highest BCUT2D eigenvalue weighted by Crippen LogP contribution is 2.38. The van der Waals surface area contributed by atoms with Crippen molar-refractivity contribution in [3.8, 4) is 6.07 Å². The largest absolute Gasteiger partial charge is 0.316 e. The molecular formula is C23H28N2O3S. The van der Waals surface area contributed by atoms with Crippen molar-refractivity contribution in [1.82, 2.24) is 5.32 Å². The van der Waals surface area contributed by atoms with Gasteiger partial charge in [0, 0.05) is 19.0 Å². The average Bonchev–Trinajstić information content (AvgIpc) is 2.67. The normalized spacial score (nSPS) is 15.5. The lowest BCUT2D eigenvalue weighted by Crippen LogP contribution is -2.46. The summed E-state index contributed by atoms with van der Waals surface area (Å²) in [4.78, 5) is 0. The van der Waals surface area contributed by atoms with E-state index in [1.54, 1.807) is 13.8 Å². The van der Waals surface area contributed by atoms with Crippen LogP contribution in [-0.2, 0) is 19.7 Å². The van der Waals surface area contributed by atoms with Gasteiger partial charge in [-0.25, -0.2) is 0 Å². The Morgan fingerprint density at radius 3 is 1.93 bits per heavy atom. The van der Waals surface area contributed by atoms with Crippen LogP contribution in [0.1, 0.15) is 37.8 Å². The summed E-state index contributed by atoms with van der Waals surface area (Å²) >= 11 is 0. The van der Waals surface area contributed by atoms with Crippen molar-refractivity contribution in [2.45, 2.75) is 37.7 Å². The fourth-order valence-electron chi connectivity index (χ4n) is 3.75. The number of nitrogens with zero attached hydrogens (tertiary/aromatic N) is 1. The number of hydrogen-bond donors (Lipinski definition) is 1. The van der Waals surface area contributed by atoms with Gasteiger partial charge < -0.3 is 5.32 Å². The Balaban J connectivity index is 1.82. The molecule has 2 aromatic rings. The zero-order chi connectivity index (χ0) is 21.0. The Bertz CT molecular complexity index is 907. The smallest absolute Gasteiger partial charge is 0.268 e. The molecule has 29 heavy (non-hydrogen) atoms. The van der Waals surface area contributed by atoms with Crippen LogP contribution in [0.15, 0.2) is 60.7 Å². The summed E-state index contributed by atoms with van der Waals surface area (Å²) in [5.74, 6) is 0.145. The molecule has 0 unspecified atom stereocenters. The van der Waals surface area contributed by atoms with E-state index < -0.39 is 21.1 Å². The molecule has 1 saturated heterocycles. The molecule has 1 aliphatic rings. The van der Waals surface area contributed by atoms with E-state index in [1.807, 2.05) is 60.7 Å². The highest BCUT2D eigenvalue weighted by atomic mass is 32.2. The number of benzene rings is 2. The van der Waals surface area contributed by atoms with Crippen LogP contribution in [0.2, 0.25) is 0 Å². The average molecular weight is 413 g/mol. The Morgan fingerprint density at radius 1 is 1.00 bits per heavy atom. The SMILES string of the molecule is CC(C)(CCC(C#N)(c1ccccc1)c1ccccc1)OS(=O)(=O)CC1CNC1. The maximum atomic E-state index is 12.5. The van der Waals surface area contributed by atoms with Gasteiger partial charge in [-0.3, -0.25) is 4.18 Å². The van der Waals surface area contributed by atoms with E-state index >= 15 is 0 Å². The van der Waals surface area contributed by atoms with Gasteiger partial charge in [0.25, 0.3) is 10.1 Å². The first-order valence-corrected chi connectivity index (χ1v) is 11.5. The second-order valence-corrected chi connectivity index (χ2v) is 9.96. The van der Waals surface area contributed by atoms with Crippen molar-refractivity contribution in [3.63, 3.8) is 0 Å². The molecule has 0 saturated carbocycles. The summed E-state index contributed by atoms with van der Waals surface area (Å²) in [6.45, 7) is 4.98. The topological polar surface area (TPSA) is 79.2 Å². The zero-order valence-corrected chi connectivity index (χ0v) is 17.8. The van der Waals surface area contributed by atoms with Crippen molar-refractivity contribution in [2.24, 2.45) is 5.92 Å². The number of rotatable bonds is 9. The van der Waals surface area contributed by atoms with E-state index in [4.69, 9.17) is 4.18 Å². The van der Waals surface area contributed by atoms with Gasteiger partial charge in [-0.2, -0.15) is 13.7 Å². The fraction of sp³-hybridized carbons (Fsp3) is 0.435. The number of nitrogens with one attached hydrogen (secondary N) is 1. The Morgan fingerprint density at radius 2 is 1.52 bits per heavy atom. The summed E-state index contributed by atoms with van der Waals surface area (Å²) in [5.41, 5.74) is 0.0211. The summed E-state index contributed by atoms with van der Waals surface area (Å²) in [5, 5.41) is 13.3. The van der Waals surface area contributed by atoms with E-state index in [1.165, 1.54) is 0 Å². The van der Waals surface area contributed by atoms with Gasteiger partial charge in [0.1, 0.15) is 5.41 Å². The Kier molecular flexibility index (Phi) is 6.42. The summed E-state index contributed by atoms with van der Waals surface area (Å²) in [7, 11) is -3.63. The van der Waals surface area contributed by atoms with Gasteiger partial charge >= 0.3 is 0 Å². The molecule has 0 aliphatic carbocycles. The molecule has 0 spiro atoms. The lowest BCUT2D eigenvalue weighted by atomic mass is 9.71. The van der Waals surface area contributed by atoms with Crippen molar-refractivity contribution in [2.75, 3.05) is 18.8 Å². The quantitative estimate of drug-likeness (QED) is 0.637. The van der Waals surface area contributed by atoms with E-state index in [0.717, 1.165) is 11.1 Å². The molecule has 1 heterocycles. The maximum absolute atomic E-state index is 12.5. The predicted octanol–water partition coefficient (Wildman–Crippen LogP) is 3.62. The zero-order valence-electron chi connectivity index (χ0n) is 17.0. The van der Waals surface area contributed by atoms with Gasteiger partial charge in [0.15, 0.2) is 0 Å². The van der Waals surface area contributed by atoms with E-state index in [9.17, 15) is 13.7 Å². The van der Waals surface area contributed by atoms with E-state index in [0.29, 0.717) is 25.9 Å². The van der Waals surface area contributed by atoms with Crippen LogP contribution in [0.4, 0.5) is 0 Å². The minimum Gasteiger partial charge on any atom is -0.316 e. The van der Waals surface area contributed by atoms with Crippen LogP contribution in [0.25, 0.3) is 0 Å². The van der Waals surface area contributed by atoms with E-state index in [-0.39, 0.29) is 11.7 Å². The Labute approximate surface area is 173 Å². The molecule has 0 atom stereocenters. The third-order valence-corrected chi connectivity index (χ3v) is 7.07. The lowest BCUT2D eigenvalue weighted by Gasteiger charge is -2.33. The molecule has 0 radical (unpaired) electrons. The van der Waals surface area contributed by atoms with Crippen molar-refractivity contribution in [1.29, 1.82) is 5.26 Å². The van der Waals surface area contributed by atoms with Crippen LogP contribution in [0.3, 0.4) is 0 Å². The second kappa shape index (κ2) is 8.66. The third-order valence-electron chi connectivity index (χ3n) is 5.48. The molecule has 154 valence electrons. The number of nitriles is 1. The molecule has 1 aliphatic heterocycles. The molecule has 3 rings (SSSR count). The van der Waals surface area contributed by atoms with Crippen LogP contribution in [0, 0.1) is 17.2 Å². The molecule has 1 N–H and O–H groups in total. The van der Waals surface area contributed by atoms with Crippen LogP contribution in [0.5, 0.6) is 0 Å². The first-order valence-electron chi connectivity index (χ1n) is 9.93. The van der Waals surface area contributed by atoms with Crippen LogP contribution >= 0.6 is 0 Å². The second-order valence-electron chi connectivity index (χ2n) is 8.34. The first-order chi connectivity index (χ1) is 13.8. The lowest BCUT2D eigenvalue weighted by molar-refractivity contribution is 0.0997. The monoisotopic (exact) mass is 412 g/mol. The summed E-state index contributed by atoms with van der Waals surface area (Å²) in [6, 6.07) is 21.8. The van der Waals surface area contributed by atoms with Gasteiger partial charge in [-0.15, -0.1) is 0 Å².